The molecule has 11 heteroatoms. The summed E-state index contributed by atoms with van der Waals surface area (Å²) in [4.78, 5) is 31.1. The van der Waals surface area contributed by atoms with Crippen LogP contribution in [-0.4, -0.2) is 32.4 Å². The van der Waals surface area contributed by atoms with E-state index in [1.165, 1.54) is 34.1 Å². The van der Waals surface area contributed by atoms with Crippen LogP contribution in [0.15, 0.2) is 88.8 Å². The Hall–Kier alpha value is -3.80. The van der Waals surface area contributed by atoms with Gasteiger partial charge in [0.15, 0.2) is 26.3 Å². The van der Waals surface area contributed by atoms with E-state index in [0.717, 1.165) is 17.4 Å². The molecule has 0 atom stereocenters. The first-order valence-corrected chi connectivity index (χ1v) is 13.7. The molecule has 2 heterocycles. The SMILES string of the molecule is CCOc1ccc(-n2c(=S)sc3c(=O)n(-c4ccccc4)c(SCC(=O)Oc4ccccc4F)nc32)cc1. The maximum Gasteiger partial charge on any atom is 0.321 e. The summed E-state index contributed by atoms with van der Waals surface area (Å²) in [6.07, 6.45) is 0. The average molecular weight is 566 g/mol. The topological polar surface area (TPSA) is 75.3 Å². The van der Waals surface area contributed by atoms with Gasteiger partial charge in [-0.15, -0.1) is 0 Å². The highest BCUT2D eigenvalue weighted by molar-refractivity contribution is 7.99. The molecule has 2 aromatic heterocycles. The number of halogens is 1. The molecular formula is C27H20FN3O4S3. The van der Waals surface area contributed by atoms with Crippen molar-refractivity contribution < 1.29 is 18.7 Å². The number of esters is 1. The highest BCUT2D eigenvalue weighted by atomic mass is 32.2. The number of hydrogen-bond donors (Lipinski definition) is 0. The molecule has 0 spiro atoms. The predicted molar refractivity (Wildman–Crippen MR) is 149 cm³/mol. The van der Waals surface area contributed by atoms with Crippen LogP contribution in [-0.2, 0) is 4.79 Å². The van der Waals surface area contributed by atoms with Gasteiger partial charge in [-0.3, -0.25) is 18.7 Å². The van der Waals surface area contributed by atoms with Gasteiger partial charge in [0.2, 0.25) is 0 Å². The number of thioether (sulfide) groups is 1. The van der Waals surface area contributed by atoms with Crippen LogP contribution in [0.3, 0.4) is 0 Å². The van der Waals surface area contributed by atoms with E-state index in [9.17, 15) is 14.0 Å². The zero-order valence-electron chi connectivity index (χ0n) is 20.0. The van der Waals surface area contributed by atoms with Crippen LogP contribution < -0.4 is 15.0 Å². The molecule has 5 rings (SSSR count). The molecule has 3 aromatic carbocycles. The first-order valence-electron chi connectivity index (χ1n) is 11.5. The number of carbonyl (C=O) groups excluding carboxylic acids is 1. The smallest absolute Gasteiger partial charge is 0.321 e. The fourth-order valence-corrected chi connectivity index (χ4v) is 5.81. The maximum absolute atomic E-state index is 13.9. The molecule has 0 saturated heterocycles. The summed E-state index contributed by atoms with van der Waals surface area (Å²) in [5.41, 5.74) is 1.38. The number of benzene rings is 3. The molecule has 5 aromatic rings. The third kappa shape index (κ3) is 5.26. The Labute approximate surface area is 230 Å². The third-order valence-corrected chi connectivity index (χ3v) is 7.64. The fourth-order valence-electron chi connectivity index (χ4n) is 3.73. The van der Waals surface area contributed by atoms with Crippen molar-refractivity contribution >= 4 is 51.6 Å². The van der Waals surface area contributed by atoms with Gasteiger partial charge in [0.1, 0.15) is 10.4 Å². The van der Waals surface area contributed by atoms with Crippen molar-refractivity contribution in [1.82, 2.24) is 14.1 Å². The van der Waals surface area contributed by atoms with Gasteiger partial charge in [-0.25, -0.2) is 9.37 Å². The van der Waals surface area contributed by atoms with E-state index >= 15 is 0 Å². The van der Waals surface area contributed by atoms with E-state index < -0.39 is 11.8 Å². The number of para-hydroxylation sites is 2. The number of ether oxygens (including phenoxy) is 2. The molecule has 7 nitrogen and oxygen atoms in total. The minimum atomic E-state index is -0.678. The zero-order valence-corrected chi connectivity index (χ0v) is 22.4. The first kappa shape index (κ1) is 25.8. The van der Waals surface area contributed by atoms with Gasteiger partial charge in [0.25, 0.3) is 5.56 Å². The van der Waals surface area contributed by atoms with Crippen molar-refractivity contribution in [2.75, 3.05) is 12.4 Å². The molecule has 0 bridgehead atoms. The van der Waals surface area contributed by atoms with E-state index in [0.29, 0.717) is 32.3 Å². The Morgan fingerprint density at radius 2 is 1.68 bits per heavy atom. The number of hydrogen-bond acceptors (Lipinski definition) is 8. The molecule has 0 unspecified atom stereocenters. The van der Waals surface area contributed by atoms with E-state index in [-0.39, 0.29) is 22.2 Å². The van der Waals surface area contributed by atoms with E-state index in [1.807, 2.05) is 37.3 Å². The van der Waals surface area contributed by atoms with Crippen molar-refractivity contribution in [3.63, 3.8) is 0 Å². The molecular weight excluding hydrogens is 546 g/mol. The van der Waals surface area contributed by atoms with Crippen LogP contribution in [0, 0.1) is 9.77 Å². The number of nitrogens with zero attached hydrogens (tertiary/aromatic N) is 3. The Balaban J connectivity index is 1.57. The highest BCUT2D eigenvalue weighted by Crippen LogP contribution is 2.28. The summed E-state index contributed by atoms with van der Waals surface area (Å²) in [5.74, 6) is -0.968. The lowest BCUT2D eigenvalue weighted by Crippen LogP contribution is -2.22. The van der Waals surface area contributed by atoms with Gasteiger partial charge in [-0.05, 0) is 67.7 Å². The second-order valence-electron chi connectivity index (χ2n) is 7.85. The van der Waals surface area contributed by atoms with Gasteiger partial charge in [-0.2, -0.15) is 0 Å². The molecule has 0 saturated carbocycles. The van der Waals surface area contributed by atoms with Crippen molar-refractivity contribution in [3.05, 3.63) is 99.0 Å². The highest BCUT2D eigenvalue weighted by Gasteiger charge is 2.20. The van der Waals surface area contributed by atoms with E-state index in [4.69, 9.17) is 26.7 Å². The lowest BCUT2D eigenvalue weighted by molar-refractivity contribution is -0.131. The standard InChI is InChI=1S/C27H20FN3O4S3/c1-2-34-19-14-12-18(13-15-19)30-24-23(38-27(30)36)25(33)31(17-8-4-3-5-9-17)26(29-24)37-16-22(32)35-21-11-7-6-10-20(21)28/h3-15H,2,16H2,1H3. The minimum Gasteiger partial charge on any atom is -0.494 e. The molecule has 0 aliphatic carbocycles. The molecule has 0 amide bonds. The summed E-state index contributed by atoms with van der Waals surface area (Å²) in [5, 5.41) is 0.270. The van der Waals surface area contributed by atoms with Gasteiger partial charge >= 0.3 is 5.97 Å². The number of fused-ring (bicyclic) bond motifs is 1. The fraction of sp³-hybridized carbons (Fsp3) is 0.111. The van der Waals surface area contributed by atoms with Gasteiger partial charge in [-0.1, -0.05) is 53.4 Å². The summed E-state index contributed by atoms with van der Waals surface area (Å²) >= 11 is 7.81. The first-order chi connectivity index (χ1) is 18.5. The van der Waals surface area contributed by atoms with Crippen LogP contribution in [0.4, 0.5) is 4.39 Å². The Kier molecular flexibility index (Phi) is 7.68. The molecule has 0 aliphatic rings. The van der Waals surface area contributed by atoms with Gasteiger partial charge in [0, 0.05) is 5.69 Å². The Morgan fingerprint density at radius 3 is 2.39 bits per heavy atom. The van der Waals surface area contributed by atoms with Crippen LogP contribution in [0.1, 0.15) is 6.92 Å². The number of rotatable bonds is 8. The molecule has 0 fully saturated rings. The van der Waals surface area contributed by atoms with E-state index in [2.05, 4.69) is 0 Å². The van der Waals surface area contributed by atoms with Crippen molar-refractivity contribution in [2.24, 2.45) is 0 Å². The molecule has 0 radical (unpaired) electrons. The van der Waals surface area contributed by atoms with Crippen molar-refractivity contribution in [3.8, 4) is 22.9 Å². The summed E-state index contributed by atoms with van der Waals surface area (Å²) in [6, 6.07) is 22.0. The largest absolute Gasteiger partial charge is 0.494 e. The molecule has 38 heavy (non-hydrogen) atoms. The normalized spacial score (nSPS) is 11.0. The number of thiazole rings is 1. The van der Waals surface area contributed by atoms with Crippen molar-refractivity contribution in [1.29, 1.82) is 0 Å². The third-order valence-electron chi connectivity index (χ3n) is 5.38. The zero-order chi connectivity index (χ0) is 26.6. The average Bonchev–Trinajstić information content (AvgIpc) is 3.26. The lowest BCUT2D eigenvalue weighted by atomic mass is 10.3. The lowest BCUT2D eigenvalue weighted by Gasteiger charge is -2.13. The van der Waals surface area contributed by atoms with Crippen molar-refractivity contribution in [2.45, 2.75) is 12.1 Å². The molecule has 0 N–H and O–H groups in total. The van der Waals surface area contributed by atoms with Gasteiger partial charge in [0.05, 0.1) is 18.0 Å². The monoisotopic (exact) mass is 565 g/mol. The summed E-state index contributed by atoms with van der Waals surface area (Å²) in [7, 11) is 0. The Bertz CT molecular complexity index is 1730. The second kappa shape index (κ2) is 11.3. The van der Waals surface area contributed by atoms with Crippen LogP contribution >= 0.6 is 35.3 Å². The maximum atomic E-state index is 13.9. The Morgan fingerprint density at radius 1 is 1.00 bits per heavy atom. The molecule has 192 valence electrons. The molecule has 0 aliphatic heterocycles. The summed E-state index contributed by atoms with van der Waals surface area (Å²) < 4.78 is 28.6. The quantitative estimate of drug-likeness (QED) is 0.0729. The second-order valence-corrected chi connectivity index (χ2v) is 10.4. The number of carbonyl (C=O) groups is 1. The predicted octanol–water partition coefficient (Wildman–Crippen LogP) is 6.20. The number of aromatic nitrogens is 3. The van der Waals surface area contributed by atoms with Crippen LogP contribution in [0.25, 0.3) is 21.7 Å². The minimum absolute atomic E-state index is 0.163. The van der Waals surface area contributed by atoms with E-state index in [1.54, 1.807) is 34.9 Å². The van der Waals surface area contributed by atoms with Crippen LogP contribution in [0.5, 0.6) is 11.5 Å². The summed E-state index contributed by atoms with van der Waals surface area (Å²) in [6.45, 7) is 2.45. The van der Waals surface area contributed by atoms with Gasteiger partial charge < -0.3 is 9.47 Å². The van der Waals surface area contributed by atoms with Crippen LogP contribution in [0.2, 0.25) is 0 Å².